The average molecular weight is 278 g/mol. The second-order valence-electron chi connectivity index (χ2n) is 6.19. The molecule has 0 aromatic carbocycles. The Labute approximate surface area is 121 Å². The maximum atomic E-state index is 5.14. The smallest absolute Gasteiger partial charge is 0.176 e. The highest BCUT2D eigenvalue weighted by molar-refractivity contribution is 5.03. The minimum atomic E-state index is 0.377. The van der Waals surface area contributed by atoms with Gasteiger partial charge in [-0.2, -0.15) is 5.10 Å². The minimum Gasteiger partial charge on any atom is -0.377 e. The number of rotatable bonds is 5. The number of fused-ring (bicyclic) bond motifs is 1. The van der Waals surface area contributed by atoms with Crippen molar-refractivity contribution < 1.29 is 4.74 Å². The van der Waals surface area contributed by atoms with E-state index >= 15 is 0 Å². The molecule has 3 rings (SSSR count). The molecule has 3 atom stereocenters. The molecule has 1 aromatic rings. The molecule has 112 valence electrons. The predicted molar refractivity (Wildman–Crippen MR) is 77.3 cm³/mol. The van der Waals surface area contributed by atoms with Gasteiger partial charge < -0.3 is 10.1 Å². The van der Waals surface area contributed by atoms with Crippen molar-refractivity contribution in [3.8, 4) is 0 Å². The van der Waals surface area contributed by atoms with Crippen LogP contribution in [0.15, 0.2) is 0 Å². The summed E-state index contributed by atoms with van der Waals surface area (Å²) in [5.41, 5.74) is 0. The fourth-order valence-electron chi connectivity index (χ4n) is 3.63. The summed E-state index contributed by atoms with van der Waals surface area (Å²) in [4.78, 5) is 4.67. The molecule has 0 unspecified atom stereocenters. The second kappa shape index (κ2) is 6.22. The maximum Gasteiger partial charge on any atom is 0.176 e. The van der Waals surface area contributed by atoms with Crippen molar-refractivity contribution in [2.45, 2.75) is 70.7 Å². The molecule has 1 fully saturated rings. The van der Waals surface area contributed by atoms with Gasteiger partial charge in [0.15, 0.2) is 5.82 Å². The quantitative estimate of drug-likeness (QED) is 0.898. The number of nitrogens with one attached hydrogen (secondary N) is 1. The molecule has 5 nitrogen and oxygen atoms in total. The lowest BCUT2D eigenvalue weighted by Gasteiger charge is -2.26. The van der Waals surface area contributed by atoms with Crippen LogP contribution in [-0.2, 0) is 17.9 Å². The summed E-state index contributed by atoms with van der Waals surface area (Å²) in [6.07, 6.45) is 7.70. The largest absolute Gasteiger partial charge is 0.377 e. The normalized spacial score (nSPS) is 29.6. The number of nitrogens with zero attached hydrogens (tertiary/aromatic N) is 3. The van der Waals surface area contributed by atoms with Crippen LogP contribution in [0.1, 0.15) is 63.1 Å². The van der Waals surface area contributed by atoms with E-state index in [1.807, 2.05) is 0 Å². The molecule has 1 aliphatic carbocycles. The van der Waals surface area contributed by atoms with Crippen LogP contribution in [0, 0.1) is 5.92 Å². The summed E-state index contributed by atoms with van der Waals surface area (Å²) in [5, 5.41) is 8.37. The molecule has 0 amide bonds. The first-order chi connectivity index (χ1) is 9.80. The van der Waals surface area contributed by atoms with Gasteiger partial charge in [-0.15, -0.1) is 0 Å². The molecule has 0 saturated heterocycles. The highest BCUT2D eigenvalue weighted by atomic mass is 16.5. The van der Waals surface area contributed by atoms with E-state index in [1.165, 1.54) is 38.5 Å². The molecule has 2 aliphatic rings. The third-order valence-corrected chi connectivity index (χ3v) is 4.75. The van der Waals surface area contributed by atoms with Crippen molar-refractivity contribution >= 4 is 0 Å². The number of aryl methyl sites for hydroxylation is 1. The van der Waals surface area contributed by atoms with E-state index in [4.69, 9.17) is 4.74 Å². The van der Waals surface area contributed by atoms with Gasteiger partial charge in [0.2, 0.25) is 0 Å². The first-order valence-corrected chi connectivity index (χ1v) is 7.98. The fourth-order valence-corrected chi connectivity index (χ4v) is 3.63. The monoisotopic (exact) mass is 278 g/mol. The Bertz CT molecular complexity index is 445. The van der Waals surface area contributed by atoms with Gasteiger partial charge in [0.1, 0.15) is 12.4 Å². The molecule has 0 spiro atoms. The van der Waals surface area contributed by atoms with E-state index in [2.05, 4.69) is 27.0 Å². The second-order valence-corrected chi connectivity index (χ2v) is 6.19. The third kappa shape index (κ3) is 2.88. The molecule has 1 aliphatic heterocycles. The van der Waals surface area contributed by atoms with E-state index in [0.29, 0.717) is 18.7 Å². The van der Waals surface area contributed by atoms with Gasteiger partial charge in [-0.3, -0.25) is 0 Å². The Morgan fingerprint density at radius 2 is 2.25 bits per heavy atom. The topological polar surface area (TPSA) is 52.0 Å². The number of hydrogen-bond acceptors (Lipinski definition) is 4. The fraction of sp³-hybridized carbons (Fsp3) is 0.867. The minimum absolute atomic E-state index is 0.377. The van der Waals surface area contributed by atoms with E-state index < -0.39 is 0 Å². The van der Waals surface area contributed by atoms with Crippen molar-refractivity contribution in [2.24, 2.45) is 5.92 Å². The first kappa shape index (κ1) is 14.0. The third-order valence-electron chi connectivity index (χ3n) is 4.75. The molecule has 20 heavy (non-hydrogen) atoms. The van der Waals surface area contributed by atoms with E-state index in [-0.39, 0.29) is 0 Å². The van der Waals surface area contributed by atoms with Gasteiger partial charge >= 0.3 is 0 Å². The van der Waals surface area contributed by atoms with Crippen molar-refractivity contribution in [1.82, 2.24) is 20.1 Å². The molecule has 1 saturated carbocycles. The first-order valence-electron chi connectivity index (χ1n) is 7.98. The molecule has 1 N–H and O–H groups in total. The lowest BCUT2D eigenvalue weighted by Crippen LogP contribution is -2.35. The van der Waals surface area contributed by atoms with Gasteiger partial charge in [0.25, 0.3) is 0 Å². The molecule has 0 radical (unpaired) electrons. The summed E-state index contributed by atoms with van der Waals surface area (Å²) in [5.74, 6) is 2.84. The van der Waals surface area contributed by atoms with Crippen molar-refractivity contribution in [2.75, 3.05) is 7.11 Å². The van der Waals surface area contributed by atoms with Crippen LogP contribution >= 0.6 is 0 Å². The molecule has 5 heteroatoms. The zero-order chi connectivity index (χ0) is 13.9. The van der Waals surface area contributed by atoms with Crippen LogP contribution in [0.2, 0.25) is 0 Å². The molecule has 0 bridgehead atoms. The number of methoxy groups -OCH3 is 1. The van der Waals surface area contributed by atoms with Crippen LogP contribution in [0.3, 0.4) is 0 Å². The van der Waals surface area contributed by atoms with E-state index in [0.717, 1.165) is 24.1 Å². The maximum absolute atomic E-state index is 5.14. The number of ether oxygens (including phenoxy) is 1. The number of aromatic nitrogens is 3. The van der Waals surface area contributed by atoms with Crippen molar-refractivity contribution in [3.63, 3.8) is 0 Å². The SMILES string of the molecule is CC[C@@H]1CC[C@H](N[C@H]2CCCn3nc(COC)nc32)C1. The molecule has 1 aromatic heterocycles. The summed E-state index contributed by atoms with van der Waals surface area (Å²) < 4.78 is 7.22. The highest BCUT2D eigenvalue weighted by Crippen LogP contribution is 2.31. The zero-order valence-corrected chi connectivity index (χ0v) is 12.6. The van der Waals surface area contributed by atoms with Gasteiger partial charge in [0, 0.05) is 19.7 Å². The lowest BCUT2D eigenvalue weighted by molar-refractivity contribution is 0.177. The van der Waals surface area contributed by atoms with Gasteiger partial charge in [0.05, 0.1) is 6.04 Å². The Balaban J connectivity index is 1.67. The molecule has 2 heterocycles. The Morgan fingerprint density at radius 3 is 3.00 bits per heavy atom. The summed E-state index contributed by atoms with van der Waals surface area (Å²) in [6.45, 7) is 3.81. The molecular weight excluding hydrogens is 252 g/mol. The van der Waals surface area contributed by atoms with E-state index in [9.17, 15) is 0 Å². The van der Waals surface area contributed by atoms with Gasteiger partial charge in [-0.05, 0) is 38.0 Å². The summed E-state index contributed by atoms with van der Waals surface area (Å²) in [6, 6.07) is 1.04. The van der Waals surface area contributed by atoms with Gasteiger partial charge in [-0.25, -0.2) is 9.67 Å². The highest BCUT2D eigenvalue weighted by Gasteiger charge is 2.29. The van der Waals surface area contributed by atoms with E-state index in [1.54, 1.807) is 7.11 Å². The Morgan fingerprint density at radius 1 is 1.35 bits per heavy atom. The predicted octanol–water partition coefficient (Wildman–Crippen LogP) is 2.43. The Hall–Kier alpha value is -0.940. The summed E-state index contributed by atoms with van der Waals surface area (Å²) >= 11 is 0. The van der Waals surface area contributed by atoms with Crippen LogP contribution in [-0.4, -0.2) is 27.9 Å². The van der Waals surface area contributed by atoms with Crippen molar-refractivity contribution in [1.29, 1.82) is 0 Å². The standard InChI is InChI=1S/C15H26N4O/c1-3-11-6-7-12(9-11)16-13-5-4-8-19-15(13)17-14(18-19)10-20-2/h11-13,16H,3-10H2,1-2H3/t11-,12+,13+/m1/s1. The van der Waals surface area contributed by atoms with Crippen LogP contribution in [0.25, 0.3) is 0 Å². The Kier molecular flexibility index (Phi) is 4.36. The van der Waals surface area contributed by atoms with Crippen LogP contribution < -0.4 is 5.32 Å². The van der Waals surface area contributed by atoms with Crippen LogP contribution in [0.4, 0.5) is 0 Å². The molecular formula is C15H26N4O. The average Bonchev–Trinajstić information content (AvgIpc) is 3.06. The van der Waals surface area contributed by atoms with Gasteiger partial charge in [-0.1, -0.05) is 13.3 Å². The van der Waals surface area contributed by atoms with Crippen molar-refractivity contribution in [3.05, 3.63) is 11.6 Å². The number of hydrogen-bond donors (Lipinski definition) is 1. The zero-order valence-electron chi connectivity index (χ0n) is 12.6. The lowest BCUT2D eigenvalue weighted by atomic mass is 10.0. The van der Waals surface area contributed by atoms with Crippen LogP contribution in [0.5, 0.6) is 0 Å². The summed E-state index contributed by atoms with van der Waals surface area (Å²) in [7, 11) is 1.69.